The fourth-order valence-electron chi connectivity index (χ4n) is 4.65. The van der Waals surface area contributed by atoms with Gasteiger partial charge in [-0.1, -0.05) is 62.4 Å². The number of halogens is 1. The lowest BCUT2D eigenvalue weighted by atomic mass is 10.1. The summed E-state index contributed by atoms with van der Waals surface area (Å²) in [7, 11) is 1.62. The minimum Gasteiger partial charge on any atom is -0.356 e. The highest BCUT2D eigenvalue weighted by atomic mass is 19.1. The molecule has 37 heavy (non-hydrogen) atoms. The molecule has 1 amide bonds. The number of aliphatic hydroxyl groups is 1. The van der Waals surface area contributed by atoms with E-state index < -0.39 is 12.3 Å². The highest BCUT2D eigenvalue weighted by molar-refractivity contribution is 6.05. The number of aliphatic hydroxyl groups excluding tert-OH is 1. The molecule has 0 radical (unpaired) electrons. The Hall–Kier alpha value is -4.17. The molecule has 190 valence electrons. The van der Waals surface area contributed by atoms with Crippen LogP contribution in [0.5, 0.6) is 0 Å². The van der Waals surface area contributed by atoms with E-state index in [1.807, 2.05) is 70.3 Å². The van der Waals surface area contributed by atoms with Crippen molar-refractivity contribution in [1.82, 2.24) is 14.5 Å². The molecule has 4 aromatic rings. The number of carbonyl (C=O) groups is 1. The summed E-state index contributed by atoms with van der Waals surface area (Å²) < 4.78 is 15.6. The second-order valence-electron chi connectivity index (χ2n) is 9.71. The van der Waals surface area contributed by atoms with Crippen LogP contribution in [0.2, 0.25) is 0 Å². The SMILES string of the molecule is CC(C)CN1c2c(cn(Cc3ccc(-c4cccc(F)n4)cc3)c2Nc2ccccc2)C(=O)N(C)C1O. The molecule has 5 rings (SSSR count). The zero-order valence-corrected chi connectivity index (χ0v) is 21.1. The number of fused-ring (bicyclic) bond motifs is 1. The van der Waals surface area contributed by atoms with Crippen LogP contribution in [-0.4, -0.2) is 45.4 Å². The van der Waals surface area contributed by atoms with Gasteiger partial charge in [0.05, 0.1) is 16.9 Å². The molecule has 1 atom stereocenters. The van der Waals surface area contributed by atoms with Crippen LogP contribution in [0.3, 0.4) is 0 Å². The van der Waals surface area contributed by atoms with E-state index in [4.69, 9.17) is 0 Å². The van der Waals surface area contributed by atoms with Gasteiger partial charge in [-0.3, -0.25) is 9.69 Å². The first kappa shape index (κ1) is 24.5. The van der Waals surface area contributed by atoms with E-state index in [-0.39, 0.29) is 11.8 Å². The van der Waals surface area contributed by atoms with E-state index in [9.17, 15) is 14.3 Å². The molecule has 0 bridgehead atoms. The number of hydrogen-bond acceptors (Lipinski definition) is 5. The van der Waals surface area contributed by atoms with Crippen molar-refractivity contribution >= 4 is 23.1 Å². The summed E-state index contributed by atoms with van der Waals surface area (Å²) in [5.41, 5.74) is 4.49. The second-order valence-corrected chi connectivity index (χ2v) is 9.71. The van der Waals surface area contributed by atoms with Gasteiger partial charge in [0.15, 0.2) is 0 Å². The van der Waals surface area contributed by atoms with Crippen LogP contribution >= 0.6 is 0 Å². The number of pyridine rings is 1. The summed E-state index contributed by atoms with van der Waals surface area (Å²) in [6.07, 6.45) is 0.786. The maximum atomic E-state index is 13.6. The fourth-order valence-corrected chi connectivity index (χ4v) is 4.65. The molecule has 1 aliphatic rings. The number of hydrogen-bond donors (Lipinski definition) is 2. The number of anilines is 3. The Morgan fingerprint density at radius 2 is 1.76 bits per heavy atom. The van der Waals surface area contributed by atoms with Gasteiger partial charge in [-0.05, 0) is 35.7 Å². The lowest BCUT2D eigenvalue weighted by molar-refractivity contribution is 0.0129. The first-order valence-corrected chi connectivity index (χ1v) is 12.3. The van der Waals surface area contributed by atoms with Crippen molar-refractivity contribution in [3.8, 4) is 11.3 Å². The van der Waals surface area contributed by atoms with E-state index in [0.717, 1.165) is 22.6 Å². The molecule has 0 saturated carbocycles. The number of aromatic nitrogens is 2. The largest absolute Gasteiger partial charge is 0.356 e. The summed E-state index contributed by atoms with van der Waals surface area (Å²) in [4.78, 5) is 20.4. The number of amides is 1. The molecule has 0 aliphatic carbocycles. The minimum absolute atomic E-state index is 0.232. The zero-order valence-electron chi connectivity index (χ0n) is 21.1. The van der Waals surface area contributed by atoms with Gasteiger partial charge >= 0.3 is 0 Å². The number of benzene rings is 2. The van der Waals surface area contributed by atoms with Crippen molar-refractivity contribution in [2.24, 2.45) is 5.92 Å². The van der Waals surface area contributed by atoms with Crippen molar-refractivity contribution < 1.29 is 14.3 Å². The average molecular weight is 500 g/mol. The van der Waals surface area contributed by atoms with Gasteiger partial charge < -0.3 is 19.9 Å². The molecule has 7 nitrogen and oxygen atoms in total. The van der Waals surface area contributed by atoms with E-state index in [2.05, 4.69) is 24.1 Å². The molecular weight excluding hydrogens is 469 g/mol. The van der Waals surface area contributed by atoms with Crippen molar-refractivity contribution in [2.45, 2.75) is 26.7 Å². The van der Waals surface area contributed by atoms with E-state index in [0.29, 0.717) is 30.0 Å². The Bertz CT molecular complexity index is 1400. The van der Waals surface area contributed by atoms with Crippen molar-refractivity contribution in [1.29, 1.82) is 0 Å². The van der Waals surface area contributed by atoms with Crippen molar-refractivity contribution in [2.75, 3.05) is 23.8 Å². The lowest BCUT2D eigenvalue weighted by Gasteiger charge is -2.40. The van der Waals surface area contributed by atoms with Gasteiger partial charge in [-0.2, -0.15) is 4.39 Å². The monoisotopic (exact) mass is 499 g/mol. The lowest BCUT2D eigenvalue weighted by Crippen LogP contribution is -2.54. The zero-order chi connectivity index (χ0) is 26.1. The topological polar surface area (TPSA) is 73.6 Å². The maximum Gasteiger partial charge on any atom is 0.260 e. The highest BCUT2D eigenvalue weighted by Crippen LogP contribution is 2.40. The molecule has 8 heteroatoms. The predicted octanol–water partition coefficient (Wildman–Crippen LogP) is 5.31. The van der Waals surface area contributed by atoms with Gasteiger partial charge in [-0.15, -0.1) is 0 Å². The molecule has 2 N–H and O–H groups in total. The number of para-hydroxylation sites is 1. The summed E-state index contributed by atoms with van der Waals surface area (Å²) in [5.74, 6) is 0.253. The Kier molecular flexibility index (Phi) is 6.67. The molecule has 0 spiro atoms. The molecule has 1 unspecified atom stereocenters. The fraction of sp³-hybridized carbons (Fsp3) is 0.241. The van der Waals surface area contributed by atoms with E-state index >= 15 is 0 Å². The van der Waals surface area contributed by atoms with Crippen molar-refractivity contribution in [3.05, 3.63) is 96.1 Å². The van der Waals surface area contributed by atoms with Crippen LogP contribution in [0.4, 0.5) is 21.6 Å². The summed E-state index contributed by atoms with van der Waals surface area (Å²) in [5, 5.41) is 14.5. The molecular formula is C29H30FN5O2. The van der Waals surface area contributed by atoms with Crippen LogP contribution in [0.15, 0.2) is 79.0 Å². The van der Waals surface area contributed by atoms with Crippen LogP contribution < -0.4 is 10.2 Å². The normalized spacial score (nSPS) is 15.3. The smallest absolute Gasteiger partial charge is 0.260 e. The molecule has 0 fully saturated rings. The number of nitrogens with zero attached hydrogens (tertiary/aromatic N) is 4. The summed E-state index contributed by atoms with van der Waals surface area (Å²) >= 11 is 0. The molecule has 1 aliphatic heterocycles. The van der Waals surface area contributed by atoms with Crippen molar-refractivity contribution in [3.63, 3.8) is 0 Å². The second kappa shape index (κ2) is 10.1. The average Bonchev–Trinajstić information content (AvgIpc) is 3.23. The summed E-state index contributed by atoms with van der Waals surface area (Å²) in [6, 6.07) is 22.3. The Morgan fingerprint density at radius 3 is 2.43 bits per heavy atom. The quantitative estimate of drug-likeness (QED) is 0.338. The van der Waals surface area contributed by atoms with Gasteiger partial charge in [-0.25, -0.2) is 4.98 Å². The number of rotatable bonds is 7. The maximum absolute atomic E-state index is 13.6. The van der Waals surface area contributed by atoms with Gasteiger partial charge in [0.2, 0.25) is 12.3 Å². The van der Waals surface area contributed by atoms with Crippen LogP contribution in [0.1, 0.15) is 29.8 Å². The first-order chi connectivity index (χ1) is 17.8. The molecule has 0 saturated heterocycles. The molecule has 3 heterocycles. The molecule has 2 aromatic heterocycles. The van der Waals surface area contributed by atoms with Gasteiger partial charge in [0, 0.05) is 37.6 Å². The standard InChI is InChI=1S/C29H30FN5O2/c1-19(2)16-35-26-23(28(36)33(3)29(35)37)18-34(27(26)31-22-8-5-4-6-9-22)17-20-12-14-21(15-13-20)24-10-7-11-25(30)32-24/h4-15,18-19,29,31,37H,16-17H2,1-3H3. The third kappa shape index (κ3) is 4.93. The third-order valence-corrected chi connectivity index (χ3v) is 6.43. The molecule has 2 aromatic carbocycles. The van der Waals surface area contributed by atoms with E-state index in [1.54, 1.807) is 19.2 Å². The van der Waals surface area contributed by atoms with E-state index in [1.165, 1.54) is 11.0 Å². The Morgan fingerprint density at radius 1 is 1.03 bits per heavy atom. The van der Waals surface area contributed by atoms with Gasteiger partial charge in [0.25, 0.3) is 5.91 Å². The minimum atomic E-state index is -1.06. The van der Waals surface area contributed by atoms with Crippen LogP contribution in [-0.2, 0) is 6.54 Å². The van der Waals surface area contributed by atoms with Crippen LogP contribution in [0.25, 0.3) is 11.3 Å². The number of nitrogens with one attached hydrogen (secondary N) is 1. The number of carbonyl (C=O) groups excluding carboxylic acids is 1. The first-order valence-electron chi connectivity index (χ1n) is 12.3. The predicted molar refractivity (Wildman–Crippen MR) is 143 cm³/mol. The Labute approximate surface area is 215 Å². The van der Waals surface area contributed by atoms with Crippen LogP contribution in [0, 0.1) is 11.9 Å². The third-order valence-electron chi connectivity index (χ3n) is 6.43. The van der Waals surface area contributed by atoms with Gasteiger partial charge in [0.1, 0.15) is 5.82 Å². The highest BCUT2D eigenvalue weighted by Gasteiger charge is 2.38. The summed E-state index contributed by atoms with van der Waals surface area (Å²) in [6.45, 7) is 5.23. The Balaban J connectivity index is 1.55.